The van der Waals surface area contributed by atoms with Crippen molar-refractivity contribution in [2.75, 3.05) is 12.3 Å². The van der Waals surface area contributed by atoms with Crippen LogP contribution >= 0.6 is 11.8 Å². The van der Waals surface area contributed by atoms with E-state index in [4.69, 9.17) is 4.74 Å². The Morgan fingerprint density at radius 1 is 1.57 bits per heavy atom. The molecule has 0 unspecified atom stereocenters. The molecule has 1 amide bonds. The minimum atomic E-state index is -0.0573. The van der Waals surface area contributed by atoms with Crippen molar-refractivity contribution in [3.8, 4) is 5.75 Å². The van der Waals surface area contributed by atoms with E-state index in [1.165, 1.54) is 0 Å². The van der Waals surface area contributed by atoms with Crippen LogP contribution in [0.15, 0.2) is 29.4 Å². The molecule has 0 radical (unpaired) electrons. The highest BCUT2D eigenvalue weighted by Gasteiger charge is 2.20. The average Bonchev–Trinajstić information content (AvgIpc) is 3.10. The standard InChI is InChI=1S/C14H16N4O2S/c1-9-6-11-7-10(2-3-12(11)20-9)14(19)15-4-5-21-13-8-16-18-17-13/h2-3,7-9H,4-6H2,1H3,(H,15,19)(H,16,17,18)/t9-/m1/s1. The van der Waals surface area contributed by atoms with E-state index < -0.39 is 0 Å². The first kappa shape index (κ1) is 13.9. The van der Waals surface area contributed by atoms with Crippen molar-refractivity contribution in [1.29, 1.82) is 0 Å². The van der Waals surface area contributed by atoms with Crippen LogP contribution in [0, 0.1) is 0 Å². The fraction of sp³-hybridized carbons (Fsp3) is 0.357. The number of aromatic amines is 1. The first-order valence-corrected chi connectivity index (χ1v) is 7.77. The van der Waals surface area contributed by atoms with Crippen molar-refractivity contribution in [1.82, 2.24) is 20.7 Å². The number of nitrogens with one attached hydrogen (secondary N) is 2. The number of carbonyl (C=O) groups excluding carboxylic acids is 1. The zero-order valence-corrected chi connectivity index (χ0v) is 12.4. The van der Waals surface area contributed by atoms with Gasteiger partial charge in [-0.2, -0.15) is 10.3 Å². The molecular formula is C14H16N4O2S. The van der Waals surface area contributed by atoms with Crippen LogP contribution in [0.2, 0.25) is 0 Å². The van der Waals surface area contributed by atoms with Gasteiger partial charge in [-0.25, -0.2) is 0 Å². The molecule has 0 aliphatic carbocycles. The number of aromatic nitrogens is 3. The Hall–Kier alpha value is -2.02. The van der Waals surface area contributed by atoms with E-state index in [1.807, 2.05) is 19.1 Å². The van der Waals surface area contributed by atoms with Gasteiger partial charge in [-0.3, -0.25) is 4.79 Å². The van der Waals surface area contributed by atoms with Crippen molar-refractivity contribution < 1.29 is 9.53 Å². The smallest absolute Gasteiger partial charge is 0.251 e. The minimum absolute atomic E-state index is 0.0573. The molecule has 1 atom stereocenters. The van der Waals surface area contributed by atoms with E-state index in [9.17, 15) is 4.79 Å². The van der Waals surface area contributed by atoms with Gasteiger partial charge in [0.2, 0.25) is 0 Å². The maximum Gasteiger partial charge on any atom is 0.251 e. The molecule has 1 aliphatic heterocycles. The molecule has 6 nitrogen and oxygen atoms in total. The summed E-state index contributed by atoms with van der Waals surface area (Å²) in [7, 11) is 0. The number of nitrogens with zero attached hydrogens (tertiary/aromatic N) is 2. The Bertz CT molecular complexity index is 630. The van der Waals surface area contributed by atoms with Gasteiger partial charge in [0.1, 0.15) is 16.9 Å². The number of carbonyl (C=O) groups is 1. The molecule has 7 heteroatoms. The predicted octanol–water partition coefficient (Wildman–Crippen LogP) is 1.65. The van der Waals surface area contributed by atoms with Crippen LogP contribution in [0.4, 0.5) is 0 Å². The number of fused-ring (bicyclic) bond motifs is 1. The van der Waals surface area contributed by atoms with Crippen LogP contribution in [-0.2, 0) is 6.42 Å². The van der Waals surface area contributed by atoms with Gasteiger partial charge in [-0.05, 0) is 30.7 Å². The van der Waals surface area contributed by atoms with E-state index in [1.54, 1.807) is 24.0 Å². The summed E-state index contributed by atoms with van der Waals surface area (Å²) >= 11 is 1.55. The number of hydrogen-bond donors (Lipinski definition) is 2. The number of benzene rings is 1. The molecule has 2 N–H and O–H groups in total. The number of ether oxygens (including phenoxy) is 1. The molecule has 0 bridgehead atoms. The highest BCUT2D eigenvalue weighted by atomic mass is 32.2. The summed E-state index contributed by atoms with van der Waals surface area (Å²) in [5, 5.41) is 13.9. The summed E-state index contributed by atoms with van der Waals surface area (Å²) in [6.45, 7) is 2.61. The lowest BCUT2D eigenvalue weighted by atomic mass is 10.1. The first-order chi connectivity index (χ1) is 10.2. The Morgan fingerprint density at radius 3 is 3.29 bits per heavy atom. The number of amides is 1. The number of thioether (sulfide) groups is 1. The molecular weight excluding hydrogens is 288 g/mol. The highest BCUT2D eigenvalue weighted by Crippen LogP contribution is 2.29. The lowest BCUT2D eigenvalue weighted by Gasteiger charge is -2.06. The normalized spacial score (nSPS) is 16.3. The van der Waals surface area contributed by atoms with E-state index in [0.717, 1.165) is 28.5 Å². The van der Waals surface area contributed by atoms with Gasteiger partial charge in [-0.15, -0.1) is 16.9 Å². The lowest BCUT2D eigenvalue weighted by Crippen LogP contribution is -2.25. The Balaban J connectivity index is 1.50. The zero-order valence-electron chi connectivity index (χ0n) is 11.6. The second-order valence-electron chi connectivity index (χ2n) is 4.87. The van der Waals surface area contributed by atoms with Crippen molar-refractivity contribution in [3.05, 3.63) is 35.5 Å². The molecule has 1 aliphatic rings. The van der Waals surface area contributed by atoms with Crippen molar-refractivity contribution in [2.24, 2.45) is 0 Å². The zero-order chi connectivity index (χ0) is 14.7. The van der Waals surface area contributed by atoms with Gasteiger partial charge in [0, 0.05) is 24.3 Å². The Kier molecular flexibility index (Phi) is 4.10. The third kappa shape index (κ3) is 3.36. The van der Waals surface area contributed by atoms with Gasteiger partial charge in [0.15, 0.2) is 0 Å². The second-order valence-corrected chi connectivity index (χ2v) is 5.98. The number of hydrogen-bond acceptors (Lipinski definition) is 5. The maximum absolute atomic E-state index is 12.1. The van der Waals surface area contributed by atoms with Crippen LogP contribution in [-0.4, -0.2) is 39.7 Å². The van der Waals surface area contributed by atoms with E-state index in [2.05, 4.69) is 20.7 Å². The summed E-state index contributed by atoms with van der Waals surface area (Å²) in [6, 6.07) is 5.59. The molecule has 1 aromatic heterocycles. The molecule has 0 spiro atoms. The molecule has 1 aromatic carbocycles. The quantitative estimate of drug-likeness (QED) is 0.648. The van der Waals surface area contributed by atoms with E-state index in [-0.39, 0.29) is 12.0 Å². The maximum atomic E-state index is 12.1. The number of rotatable bonds is 5. The molecule has 2 heterocycles. The fourth-order valence-corrected chi connectivity index (χ4v) is 2.89. The highest BCUT2D eigenvalue weighted by molar-refractivity contribution is 7.99. The van der Waals surface area contributed by atoms with Crippen molar-refractivity contribution >= 4 is 17.7 Å². The van der Waals surface area contributed by atoms with E-state index >= 15 is 0 Å². The monoisotopic (exact) mass is 304 g/mol. The van der Waals surface area contributed by atoms with Crippen LogP contribution in [0.25, 0.3) is 0 Å². The summed E-state index contributed by atoms with van der Waals surface area (Å²) < 4.78 is 5.63. The van der Waals surface area contributed by atoms with Gasteiger partial charge in [-0.1, -0.05) is 0 Å². The summed E-state index contributed by atoms with van der Waals surface area (Å²) in [5.74, 6) is 1.59. The topological polar surface area (TPSA) is 79.9 Å². The van der Waals surface area contributed by atoms with Crippen LogP contribution in [0.3, 0.4) is 0 Å². The molecule has 110 valence electrons. The molecule has 21 heavy (non-hydrogen) atoms. The fourth-order valence-electron chi connectivity index (χ4n) is 2.25. The van der Waals surface area contributed by atoms with Crippen molar-refractivity contribution in [2.45, 2.75) is 24.5 Å². The molecule has 0 fully saturated rings. The van der Waals surface area contributed by atoms with Crippen LogP contribution in [0.5, 0.6) is 5.75 Å². The molecule has 0 saturated carbocycles. The summed E-state index contributed by atoms with van der Waals surface area (Å²) in [5.41, 5.74) is 1.78. The first-order valence-electron chi connectivity index (χ1n) is 6.79. The SMILES string of the molecule is C[C@@H]1Cc2cc(C(=O)NCCSc3cn[nH]n3)ccc2O1. The molecule has 3 rings (SSSR count). The summed E-state index contributed by atoms with van der Waals surface area (Å²) in [4.78, 5) is 12.1. The second kappa shape index (κ2) is 6.17. The average molecular weight is 304 g/mol. The lowest BCUT2D eigenvalue weighted by molar-refractivity contribution is 0.0956. The largest absolute Gasteiger partial charge is 0.490 e. The summed E-state index contributed by atoms with van der Waals surface area (Å²) in [6.07, 6.45) is 2.71. The number of H-pyrrole nitrogens is 1. The Labute approximate surface area is 126 Å². The van der Waals surface area contributed by atoms with Crippen LogP contribution < -0.4 is 10.1 Å². The predicted molar refractivity (Wildman–Crippen MR) is 79.7 cm³/mol. The van der Waals surface area contributed by atoms with Gasteiger partial charge in [0.05, 0.1) is 6.20 Å². The third-order valence-corrected chi connectivity index (χ3v) is 4.09. The van der Waals surface area contributed by atoms with Crippen molar-refractivity contribution in [3.63, 3.8) is 0 Å². The minimum Gasteiger partial charge on any atom is -0.490 e. The molecule has 0 saturated heterocycles. The van der Waals surface area contributed by atoms with Gasteiger partial charge in [0.25, 0.3) is 5.91 Å². The van der Waals surface area contributed by atoms with Gasteiger partial charge >= 0.3 is 0 Å². The molecule has 2 aromatic rings. The van der Waals surface area contributed by atoms with E-state index in [0.29, 0.717) is 12.1 Å². The Morgan fingerprint density at radius 2 is 2.48 bits per heavy atom. The third-order valence-electron chi connectivity index (χ3n) is 3.19. The van der Waals surface area contributed by atoms with Crippen LogP contribution in [0.1, 0.15) is 22.8 Å². The van der Waals surface area contributed by atoms with Gasteiger partial charge < -0.3 is 10.1 Å².